The number of carboxylic acids is 1. The van der Waals surface area contributed by atoms with Gasteiger partial charge in [-0.25, -0.2) is 4.39 Å². The monoisotopic (exact) mass is 280 g/mol. The summed E-state index contributed by atoms with van der Waals surface area (Å²) in [6.07, 6.45) is 1.62. The zero-order chi connectivity index (χ0) is 14.7. The number of hydrogen-bond acceptors (Lipinski definition) is 3. The Labute approximate surface area is 116 Å². The van der Waals surface area contributed by atoms with E-state index in [1.54, 1.807) is 6.07 Å². The molecule has 108 valence electrons. The van der Waals surface area contributed by atoms with E-state index in [4.69, 9.17) is 10.8 Å². The van der Waals surface area contributed by atoms with Crippen LogP contribution in [0.1, 0.15) is 29.6 Å². The summed E-state index contributed by atoms with van der Waals surface area (Å²) in [5.74, 6) is -1.68. The van der Waals surface area contributed by atoms with Crippen LogP contribution in [-0.2, 0) is 4.79 Å². The van der Waals surface area contributed by atoms with Crippen molar-refractivity contribution in [2.75, 3.05) is 18.0 Å². The van der Waals surface area contributed by atoms with Crippen molar-refractivity contribution in [2.24, 2.45) is 11.7 Å². The number of carbonyl (C=O) groups excluding carboxylic acids is 1. The lowest BCUT2D eigenvalue weighted by Crippen LogP contribution is -2.24. The Kier molecular flexibility index (Phi) is 4.22. The van der Waals surface area contributed by atoms with Crippen molar-refractivity contribution in [2.45, 2.75) is 19.3 Å². The third-order valence-corrected chi connectivity index (χ3v) is 3.62. The molecular weight excluding hydrogens is 263 g/mol. The Balaban J connectivity index is 2.10. The average molecular weight is 280 g/mol. The molecule has 20 heavy (non-hydrogen) atoms. The van der Waals surface area contributed by atoms with Crippen molar-refractivity contribution in [3.8, 4) is 0 Å². The second-order valence-electron chi connectivity index (χ2n) is 5.06. The first-order valence-corrected chi connectivity index (χ1v) is 6.53. The molecule has 0 spiro atoms. The van der Waals surface area contributed by atoms with Crippen LogP contribution in [0.3, 0.4) is 0 Å². The van der Waals surface area contributed by atoms with E-state index in [2.05, 4.69) is 0 Å². The molecule has 0 bridgehead atoms. The molecule has 0 aliphatic carbocycles. The van der Waals surface area contributed by atoms with E-state index in [1.807, 2.05) is 4.90 Å². The van der Waals surface area contributed by atoms with E-state index in [0.717, 1.165) is 19.0 Å². The molecule has 1 fully saturated rings. The van der Waals surface area contributed by atoms with Crippen molar-refractivity contribution >= 4 is 17.6 Å². The topological polar surface area (TPSA) is 83.6 Å². The van der Waals surface area contributed by atoms with Gasteiger partial charge in [0.1, 0.15) is 5.82 Å². The van der Waals surface area contributed by atoms with E-state index >= 15 is 0 Å². The van der Waals surface area contributed by atoms with Gasteiger partial charge in [-0.15, -0.1) is 0 Å². The zero-order valence-corrected chi connectivity index (χ0v) is 11.0. The van der Waals surface area contributed by atoms with Crippen LogP contribution in [0.5, 0.6) is 0 Å². The maximum Gasteiger partial charge on any atom is 0.303 e. The molecule has 1 aliphatic heterocycles. The van der Waals surface area contributed by atoms with Crippen LogP contribution < -0.4 is 10.6 Å². The summed E-state index contributed by atoms with van der Waals surface area (Å²) in [5.41, 5.74) is 6.07. The Bertz CT molecular complexity index is 533. The molecule has 1 amide bonds. The van der Waals surface area contributed by atoms with Crippen molar-refractivity contribution in [1.82, 2.24) is 0 Å². The minimum Gasteiger partial charge on any atom is -0.481 e. The second kappa shape index (κ2) is 5.90. The maximum atomic E-state index is 13.2. The first-order chi connectivity index (χ1) is 9.47. The van der Waals surface area contributed by atoms with Gasteiger partial charge in [-0.3, -0.25) is 9.59 Å². The predicted octanol–water partition coefficient (Wildman–Crippen LogP) is 1.62. The smallest absolute Gasteiger partial charge is 0.303 e. The molecule has 1 aromatic carbocycles. The highest BCUT2D eigenvalue weighted by Crippen LogP contribution is 2.29. The number of aliphatic carboxylic acids is 1. The fraction of sp³-hybridized carbons (Fsp3) is 0.429. The lowest BCUT2D eigenvalue weighted by molar-refractivity contribution is -0.137. The van der Waals surface area contributed by atoms with Gasteiger partial charge in [-0.2, -0.15) is 0 Å². The highest BCUT2D eigenvalue weighted by atomic mass is 19.1. The highest BCUT2D eigenvalue weighted by Gasteiger charge is 2.25. The van der Waals surface area contributed by atoms with Crippen molar-refractivity contribution in [3.05, 3.63) is 29.6 Å². The molecule has 0 saturated carbocycles. The number of carboxylic acid groups (broad SMARTS) is 1. The van der Waals surface area contributed by atoms with Gasteiger partial charge in [0.05, 0.1) is 5.56 Å². The Morgan fingerprint density at radius 3 is 2.85 bits per heavy atom. The standard InChI is InChI=1S/C14H17FN2O3/c15-10-2-3-12(11(7-10)14(16)20)17-6-5-9(8-17)1-4-13(18)19/h2-3,7,9H,1,4-6,8H2,(H2,16,20)(H,18,19). The zero-order valence-electron chi connectivity index (χ0n) is 11.0. The van der Waals surface area contributed by atoms with Gasteiger partial charge in [0, 0.05) is 25.2 Å². The summed E-state index contributed by atoms with van der Waals surface area (Å²) in [6.45, 7) is 1.38. The third kappa shape index (κ3) is 3.26. The normalized spacial score (nSPS) is 18.2. The molecule has 3 N–H and O–H groups in total. The van der Waals surface area contributed by atoms with E-state index in [1.165, 1.54) is 6.07 Å². The van der Waals surface area contributed by atoms with Gasteiger partial charge in [0.15, 0.2) is 0 Å². The molecule has 0 aromatic heterocycles. The number of halogens is 1. The first kappa shape index (κ1) is 14.3. The molecule has 2 rings (SSSR count). The number of carbonyl (C=O) groups is 2. The van der Waals surface area contributed by atoms with Crippen LogP contribution in [-0.4, -0.2) is 30.1 Å². The van der Waals surface area contributed by atoms with Crippen LogP contribution in [0, 0.1) is 11.7 Å². The molecular formula is C14H17FN2O3. The molecule has 1 aromatic rings. The molecule has 1 aliphatic rings. The summed E-state index contributed by atoms with van der Waals surface area (Å²) in [4.78, 5) is 23.9. The Hall–Kier alpha value is -2.11. The highest BCUT2D eigenvalue weighted by molar-refractivity contribution is 5.98. The quantitative estimate of drug-likeness (QED) is 0.858. The molecule has 1 atom stereocenters. The van der Waals surface area contributed by atoms with Crippen LogP contribution in [0.25, 0.3) is 0 Å². The van der Waals surface area contributed by atoms with Crippen molar-refractivity contribution in [1.29, 1.82) is 0 Å². The van der Waals surface area contributed by atoms with Gasteiger partial charge in [-0.1, -0.05) is 0 Å². The minimum atomic E-state index is -0.803. The number of rotatable bonds is 5. The number of benzene rings is 1. The summed E-state index contributed by atoms with van der Waals surface area (Å²) in [7, 11) is 0. The molecule has 5 nitrogen and oxygen atoms in total. The number of amides is 1. The number of nitrogens with zero attached hydrogens (tertiary/aromatic N) is 1. The SMILES string of the molecule is NC(=O)c1cc(F)ccc1N1CCC(CCC(=O)O)C1. The number of anilines is 1. The predicted molar refractivity (Wildman–Crippen MR) is 72.1 cm³/mol. The van der Waals surface area contributed by atoms with Crippen LogP contribution >= 0.6 is 0 Å². The lowest BCUT2D eigenvalue weighted by Gasteiger charge is -2.21. The summed E-state index contributed by atoms with van der Waals surface area (Å²) in [5, 5.41) is 8.69. The van der Waals surface area contributed by atoms with E-state index in [-0.39, 0.29) is 17.9 Å². The van der Waals surface area contributed by atoms with Crippen LogP contribution in [0.4, 0.5) is 10.1 Å². The summed E-state index contributed by atoms with van der Waals surface area (Å²) >= 11 is 0. The molecule has 1 unspecified atom stereocenters. The Morgan fingerprint density at radius 1 is 1.45 bits per heavy atom. The van der Waals surface area contributed by atoms with Gasteiger partial charge in [-0.05, 0) is 37.0 Å². The van der Waals surface area contributed by atoms with Crippen molar-refractivity contribution < 1.29 is 19.1 Å². The number of hydrogen-bond donors (Lipinski definition) is 2. The fourth-order valence-electron chi connectivity index (χ4n) is 2.60. The van der Waals surface area contributed by atoms with Gasteiger partial charge >= 0.3 is 5.97 Å². The van der Waals surface area contributed by atoms with Crippen LogP contribution in [0.15, 0.2) is 18.2 Å². The minimum absolute atomic E-state index is 0.143. The maximum absolute atomic E-state index is 13.2. The van der Waals surface area contributed by atoms with Gasteiger partial charge < -0.3 is 15.7 Å². The van der Waals surface area contributed by atoms with Gasteiger partial charge in [0.25, 0.3) is 5.91 Å². The third-order valence-electron chi connectivity index (χ3n) is 3.62. The molecule has 6 heteroatoms. The van der Waals surface area contributed by atoms with E-state index in [9.17, 15) is 14.0 Å². The van der Waals surface area contributed by atoms with E-state index < -0.39 is 17.7 Å². The summed E-state index contributed by atoms with van der Waals surface area (Å²) < 4.78 is 13.2. The number of nitrogens with two attached hydrogens (primary N) is 1. The largest absolute Gasteiger partial charge is 0.481 e. The molecule has 1 saturated heterocycles. The molecule has 1 heterocycles. The first-order valence-electron chi connectivity index (χ1n) is 6.53. The second-order valence-corrected chi connectivity index (χ2v) is 5.06. The van der Waals surface area contributed by atoms with Crippen molar-refractivity contribution in [3.63, 3.8) is 0 Å². The number of primary amides is 1. The lowest BCUT2D eigenvalue weighted by atomic mass is 10.0. The van der Waals surface area contributed by atoms with Gasteiger partial charge in [0.2, 0.25) is 0 Å². The van der Waals surface area contributed by atoms with Crippen LogP contribution in [0.2, 0.25) is 0 Å². The Morgan fingerprint density at radius 2 is 2.20 bits per heavy atom. The average Bonchev–Trinajstić information content (AvgIpc) is 2.84. The fourth-order valence-corrected chi connectivity index (χ4v) is 2.60. The summed E-state index contributed by atoms with van der Waals surface area (Å²) in [6, 6.07) is 3.99. The van der Waals surface area contributed by atoms with E-state index in [0.29, 0.717) is 18.7 Å². The molecule has 0 radical (unpaired) electrons.